The molecule has 2 aromatic rings. The predicted octanol–water partition coefficient (Wildman–Crippen LogP) is 4.73. The zero-order valence-corrected chi connectivity index (χ0v) is 12.7. The molecule has 2 aromatic carbocycles. The molecule has 0 aromatic heterocycles. The minimum atomic E-state index is -4.42. The summed E-state index contributed by atoms with van der Waals surface area (Å²) >= 11 is 0. The second-order valence-corrected chi connectivity index (χ2v) is 4.85. The van der Waals surface area contributed by atoms with E-state index < -0.39 is 17.8 Å². The molecule has 0 spiro atoms. The Hall–Kier alpha value is -1.72. The molecule has 0 unspecified atom stereocenters. The average Bonchev–Trinajstić information content (AvgIpc) is 2.45. The van der Waals surface area contributed by atoms with Gasteiger partial charge in [0.1, 0.15) is 12.4 Å². The van der Waals surface area contributed by atoms with Gasteiger partial charge in [-0.25, -0.2) is 0 Å². The summed E-state index contributed by atoms with van der Waals surface area (Å²) in [6.45, 7) is 1.84. The lowest BCUT2D eigenvalue weighted by atomic mass is 10.0. The van der Waals surface area contributed by atoms with Crippen LogP contribution in [0.4, 0.5) is 13.2 Å². The van der Waals surface area contributed by atoms with Crippen LogP contribution in [-0.4, -0.2) is 0 Å². The minimum Gasteiger partial charge on any atom is -0.489 e. The third-order valence-electron chi connectivity index (χ3n) is 3.03. The molecule has 6 heteroatoms. The SMILES string of the molecule is C[C@@H](N)c1cc(OCc2ccccc2)cc(C(F)(F)F)c1.Cl. The van der Waals surface area contributed by atoms with Crippen molar-refractivity contribution in [2.45, 2.75) is 25.7 Å². The van der Waals surface area contributed by atoms with Gasteiger partial charge in [0, 0.05) is 6.04 Å². The van der Waals surface area contributed by atoms with E-state index >= 15 is 0 Å². The summed E-state index contributed by atoms with van der Waals surface area (Å²) in [7, 11) is 0. The van der Waals surface area contributed by atoms with Crippen molar-refractivity contribution in [1.82, 2.24) is 0 Å². The van der Waals surface area contributed by atoms with Crippen LogP contribution in [0.2, 0.25) is 0 Å². The summed E-state index contributed by atoms with van der Waals surface area (Å²) in [4.78, 5) is 0. The third-order valence-corrected chi connectivity index (χ3v) is 3.03. The molecule has 2 rings (SSSR count). The number of halogens is 4. The van der Waals surface area contributed by atoms with E-state index in [9.17, 15) is 13.2 Å². The van der Waals surface area contributed by atoms with Crippen molar-refractivity contribution in [1.29, 1.82) is 0 Å². The van der Waals surface area contributed by atoms with E-state index in [2.05, 4.69) is 0 Å². The van der Waals surface area contributed by atoms with Gasteiger partial charge in [0.2, 0.25) is 0 Å². The first-order valence-corrected chi connectivity index (χ1v) is 6.51. The highest BCUT2D eigenvalue weighted by Crippen LogP contribution is 2.34. The van der Waals surface area contributed by atoms with Gasteiger partial charge in [0.25, 0.3) is 0 Å². The van der Waals surface area contributed by atoms with Crippen molar-refractivity contribution in [3.05, 3.63) is 65.2 Å². The lowest BCUT2D eigenvalue weighted by molar-refractivity contribution is -0.137. The third kappa shape index (κ3) is 4.93. The van der Waals surface area contributed by atoms with Gasteiger partial charge in [-0.1, -0.05) is 30.3 Å². The van der Waals surface area contributed by atoms with Gasteiger partial charge in [0.05, 0.1) is 5.56 Å². The monoisotopic (exact) mass is 331 g/mol. The van der Waals surface area contributed by atoms with Gasteiger partial charge < -0.3 is 10.5 Å². The topological polar surface area (TPSA) is 35.2 Å². The normalized spacial score (nSPS) is 12.4. The molecule has 0 aliphatic carbocycles. The first kappa shape index (κ1) is 18.3. The fourth-order valence-corrected chi connectivity index (χ4v) is 1.87. The van der Waals surface area contributed by atoms with Gasteiger partial charge in [-0.3, -0.25) is 0 Å². The second kappa shape index (κ2) is 7.51. The van der Waals surface area contributed by atoms with E-state index in [1.165, 1.54) is 0 Å². The van der Waals surface area contributed by atoms with Crippen LogP contribution >= 0.6 is 12.4 Å². The molecule has 2 N–H and O–H groups in total. The first-order valence-electron chi connectivity index (χ1n) is 6.51. The van der Waals surface area contributed by atoms with Gasteiger partial charge >= 0.3 is 6.18 Å². The van der Waals surface area contributed by atoms with Gasteiger partial charge in [-0.05, 0) is 36.2 Å². The van der Waals surface area contributed by atoms with E-state index in [1.807, 2.05) is 30.3 Å². The van der Waals surface area contributed by atoms with Crippen LogP contribution in [0.3, 0.4) is 0 Å². The van der Waals surface area contributed by atoms with Crippen LogP contribution in [0.15, 0.2) is 48.5 Å². The Balaban J connectivity index is 0.00000242. The number of hydrogen-bond donors (Lipinski definition) is 1. The summed E-state index contributed by atoms with van der Waals surface area (Å²) in [5.74, 6) is 0.168. The molecule has 120 valence electrons. The summed E-state index contributed by atoms with van der Waals surface area (Å²) < 4.78 is 44.1. The Morgan fingerprint density at radius 3 is 2.27 bits per heavy atom. The maximum atomic E-state index is 12.9. The summed E-state index contributed by atoms with van der Waals surface area (Å²) in [5, 5.41) is 0. The lowest BCUT2D eigenvalue weighted by Gasteiger charge is -2.15. The summed E-state index contributed by atoms with van der Waals surface area (Å²) in [5.41, 5.74) is 6.21. The maximum Gasteiger partial charge on any atom is 0.416 e. The Kier molecular flexibility index (Phi) is 6.26. The smallest absolute Gasteiger partial charge is 0.416 e. The zero-order valence-electron chi connectivity index (χ0n) is 11.9. The van der Waals surface area contributed by atoms with Crippen molar-refractivity contribution < 1.29 is 17.9 Å². The molecule has 0 aliphatic heterocycles. The fourth-order valence-electron chi connectivity index (χ4n) is 1.87. The summed E-state index contributed by atoms with van der Waals surface area (Å²) in [6, 6.07) is 12.3. The number of alkyl halides is 3. The standard InChI is InChI=1S/C16H16F3NO.ClH/c1-11(20)13-7-14(16(17,18)19)9-15(8-13)21-10-12-5-3-2-4-6-12;/h2-9,11H,10,20H2,1H3;1H/t11-;/m1./s1. The van der Waals surface area contributed by atoms with Crippen molar-refractivity contribution in [2.24, 2.45) is 5.73 Å². The van der Waals surface area contributed by atoms with Crippen molar-refractivity contribution in [3.63, 3.8) is 0 Å². The molecule has 0 bridgehead atoms. The van der Waals surface area contributed by atoms with E-state index in [4.69, 9.17) is 10.5 Å². The highest BCUT2D eigenvalue weighted by atomic mass is 35.5. The molecule has 0 radical (unpaired) electrons. The Bertz CT molecular complexity index is 600. The van der Waals surface area contributed by atoms with Crippen LogP contribution in [-0.2, 0) is 12.8 Å². The molecule has 0 aliphatic rings. The Morgan fingerprint density at radius 2 is 1.73 bits per heavy atom. The average molecular weight is 332 g/mol. The number of hydrogen-bond acceptors (Lipinski definition) is 2. The molecule has 2 nitrogen and oxygen atoms in total. The molecule has 1 atom stereocenters. The van der Waals surface area contributed by atoms with Crippen molar-refractivity contribution >= 4 is 12.4 Å². The van der Waals surface area contributed by atoms with Gasteiger partial charge in [0.15, 0.2) is 0 Å². The quantitative estimate of drug-likeness (QED) is 0.879. The maximum absolute atomic E-state index is 12.9. The number of benzene rings is 2. The van der Waals surface area contributed by atoms with E-state index in [-0.39, 0.29) is 24.8 Å². The zero-order chi connectivity index (χ0) is 15.5. The number of nitrogens with two attached hydrogens (primary N) is 1. The second-order valence-electron chi connectivity index (χ2n) is 4.85. The Labute approximate surface area is 133 Å². The minimum absolute atomic E-state index is 0. The van der Waals surface area contributed by atoms with Gasteiger partial charge in [-0.2, -0.15) is 13.2 Å². The van der Waals surface area contributed by atoms with Crippen LogP contribution in [0, 0.1) is 0 Å². The predicted molar refractivity (Wildman–Crippen MR) is 82.1 cm³/mol. The molecular formula is C16H17ClF3NO. The number of rotatable bonds is 4. The first-order chi connectivity index (χ1) is 9.86. The highest BCUT2D eigenvalue weighted by molar-refractivity contribution is 5.85. The van der Waals surface area contributed by atoms with E-state index in [1.54, 1.807) is 13.0 Å². The van der Waals surface area contributed by atoms with Crippen LogP contribution in [0.5, 0.6) is 5.75 Å². The molecule has 0 amide bonds. The molecular weight excluding hydrogens is 315 g/mol. The lowest BCUT2D eigenvalue weighted by Crippen LogP contribution is -2.10. The van der Waals surface area contributed by atoms with Crippen LogP contribution < -0.4 is 10.5 Å². The highest BCUT2D eigenvalue weighted by Gasteiger charge is 2.31. The molecule has 0 heterocycles. The van der Waals surface area contributed by atoms with Gasteiger partial charge in [-0.15, -0.1) is 12.4 Å². The molecule has 22 heavy (non-hydrogen) atoms. The number of ether oxygens (including phenoxy) is 1. The molecule has 0 fully saturated rings. The van der Waals surface area contributed by atoms with Crippen LogP contribution in [0.25, 0.3) is 0 Å². The van der Waals surface area contributed by atoms with E-state index in [0.717, 1.165) is 17.7 Å². The molecule has 0 saturated heterocycles. The Morgan fingerprint density at radius 1 is 1.09 bits per heavy atom. The molecule has 0 saturated carbocycles. The largest absolute Gasteiger partial charge is 0.489 e. The fraction of sp³-hybridized carbons (Fsp3) is 0.250. The summed E-state index contributed by atoms with van der Waals surface area (Å²) in [6.07, 6.45) is -4.42. The van der Waals surface area contributed by atoms with Crippen LogP contribution in [0.1, 0.15) is 29.7 Å². The van der Waals surface area contributed by atoms with E-state index in [0.29, 0.717) is 5.56 Å². The van der Waals surface area contributed by atoms with Crippen molar-refractivity contribution in [2.75, 3.05) is 0 Å². The van der Waals surface area contributed by atoms with Crippen molar-refractivity contribution in [3.8, 4) is 5.75 Å².